The van der Waals surface area contributed by atoms with Gasteiger partial charge in [-0.15, -0.1) is 0 Å². The maximum Gasteiger partial charge on any atom is 0.236 e. The average molecular weight is 244 g/mol. The third kappa shape index (κ3) is 5.48. The van der Waals surface area contributed by atoms with Gasteiger partial charge in [-0.2, -0.15) is 0 Å². The second kappa shape index (κ2) is 6.93. The molecule has 5 heteroatoms. The Balaban J connectivity index is 2.19. The van der Waals surface area contributed by atoms with Gasteiger partial charge in [-0.05, 0) is 20.8 Å². The van der Waals surface area contributed by atoms with Crippen LogP contribution >= 0.6 is 0 Å². The summed E-state index contributed by atoms with van der Waals surface area (Å²) in [5, 5.41) is 3.15. The first-order valence-electron chi connectivity index (χ1n) is 6.25. The molecule has 100 valence electrons. The third-order valence-corrected chi connectivity index (χ3v) is 2.73. The number of carbonyl (C=O) groups is 1. The third-order valence-electron chi connectivity index (χ3n) is 2.73. The Bertz CT molecular complexity index is 238. The molecule has 0 atom stereocenters. The molecule has 0 radical (unpaired) electrons. The Kier molecular flexibility index (Phi) is 5.88. The predicted molar refractivity (Wildman–Crippen MR) is 66.0 cm³/mol. The SMILES string of the molecule is CCOC(C)(C)CNCC(=O)N1CCOCC1. The molecule has 1 fully saturated rings. The number of nitrogens with one attached hydrogen (secondary N) is 1. The second-order valence-corrected chi connectivity index (χ2v) is 4.79. The van der Waals surface area contributed by atoms with Crippen molar-refractivity contribution in [3.63, 3.8) is 0 Å². The monoisotopic (exact) mass is 244 g/mol. The number of morpholine rings is 1. The van der Waals surface area contributed by atoms with Gasteiger partial charge in [0, 0.05) is 26.2 Å². The highest BCUT2D eigenvalue weighted by atomic mass is 16.5. The zero-order valence-electron chi connectivity index (χ0n) is 11.1. The average Bonchev–Trinajstić information content (AvgIpc) is 2.29. The van der Waals surface area contributed by atoms with Crippen LogP contribution in [0.25, 0.3) is 0 Å². The first kappa shape index (κ1) is 14.4. The van der Waals surface area contributed by atoms with Crippen LogP contribution in [-0.2, 0) is 14.3 Å². The Morgan fingerprint density at radius 2 is 2.06 bits per heavy atom. The van der Waals surface area contributed by atoms with Crippen molar-refractivity contribution < 1.29 is 14.3 Å². The fraction of sp³-hybridized carbons (Fsp3) is 0.917. The van der Waals surface area contributed by atoms with E-state index < -0.39 is 0 Å². The van der Waals surface area contributed by atoms with Gasteiger partial charge in [0.2, 0.25) is 5.91 Å². The van der Waals surface area contributed by atoms with E-state index in [1.807, 2.05) is 25.7 Å². The minimum Gasteiger partial charge on any atom is -0.378 e. The summed E-state index contributed by atoms with van der Waals surface area (Å²) in [5.74, 6) is 0.139. The lowest BCUT2D eigenvalue weighted by atomic mass is 10.1. The summed E-state index contributed by atoms with van der Waals surface area (Å²) in [6, 6.07) is 0. The number of hydrogen-bond donors (Lipinski definition) is 1. The molecule has 17 heavy (non-hydrogen) atoms. The van der Waals surface area contributed by atoms with Crippen LogP contribution in [0.2, 0.25) is 0 Å². The molecule has 0 spiro atoms. The van der Waals surface area contributed by atoms with E-state index in [4.69, 9.17) is 9.47 Å². The van der Waals surface area contributed by atoms with Gasteiger partial charge in [0.25, 0.3) is 0 Å². The van der Waals surface area contributed by atoms with Crippen LogP contribution in [-0.4, -0.2) is 62.4 Å². The van der Waals surface area contributed by atoms with Crippen molar-refractivity contribution in [3.05, 3.63) is 0 Å². The first-order valence-corrected chi connectivity index (χ1v) is 6.25. The van der Waals surface area contributed by atoms with Gasteiger partial charge in [-0.3, -0.25) is 4.79 Å². The van der Waals surface area contributed by atoms with E-state index in [-0.39, 0.29) is 11.5 Å². The van der Waals surface area contributed by atoms with E-state index >= 15 is 0 Å². The molecule has 1 saturated heterocycles. The van der Waals surface area contributed by atoms with Crippen LogP contribution in [0, 0.1) is 0 Å². The molecule has 1 aliphatic heterocycles. The molecule has 0 aromatic carbocycles. The molecule has 0 saturated carbocycles. The van der Waals surface area contributed by atoms with E-state index in [0.717, 1.165) is 0 Å². The highest BCUT2D eigenvalue weighted by molar-refractivity contribution is 5.78. The van der Waals surface area contributed by atoms with Gasteiger partial charge < -0.3 is 19.7 Å². The lowest BCUT2D eigenvalue weighted by Crippen LogP contribution is -2.47. The van der Waals surface area contributed by atoms with Gasteiger partial charge in [0.15, 0.2) is 0 Å². The van der Waals surface area contributed by atoms with E-state index in [9.17, 15) is 4.79 Å². The van der Waals surface area contributed by atoms with Crippen molar-refractivity contribution in [2.45, 2.75) is 26.4 Å². The molecule has 1 rings (SSSR count). The fourth-order valence-electron chi connectivity index (χ4n) is 1.84. The molecular formula is C12H24N2O3. The highest BCUT2D eigenvalue weighted by Crippen LogP contribution is 2.06. The Labute approximate surface area is 103 Å². The number of nitrogens with zero attached hydrogens (tertiary/aromatic N) is 1. The Morgan fingerprint density at radius 1 is 1.41 bits per heavy atom. The summed E-state index contributed by atoms with van der Waals surface area (Å²) < 4.78 is 10.8. The lowest BCUT2D eigenvalue weighted by molar-refractivity contribution is -0.134. The van der Waals surface area contributed by atoms with Crippen molar-refractivity contribution in [1.29, 1.82) is 0 Å². The van der Waals surface area contributed by atoms with Gasteiger partial charge in [-0.1, -0.05) is 0 Å². The number of carbonyl (C=O) groups excluding carboxylic acids is 1. The first-order chi connectivity index (χ1) is 8.05. The van der Waals surface area contributed by atoms with Crippen LogP contribution in [0.3, 0.4) is 0 Å². The van der Waals surface area contributed by atoms with Crippen molar-refractivity contribution in [1.82, 2.24) is 10.2 Å². The van der Waals surface area contributed by atoms with E-state index in [1.165, 1.54) is 0 Å². The molecule has 0 bridgehead atoms. The van der Waals surface area contributed by atoms with E-state index in [0.29, 0.717) is 46.0 Å². The second-order valence-electron chi connectivity index (χ2n) is 4.79. The minimum atomic E-state index is -0.222. The Hall–Kier alpha value is -0.650. The van der Waals surface area contributed by atoms with Crippen LogP contribution in [0.1, 0.15) is 20.8 Å². The summed E-state index contributed by atoms with van der Waals surface area (Å²) in [7, 11) is 0. The van der Waals surface area contributed by atoms with Crippen LogP contribution in [0.5, 0.6) is 0 Å². The van der Waals surface area contributed by atoms with Crippen molar-refractivity contribution >= 4 is 5.91 Å². The number of rotatable bonds is 6. The molecule has 0 unspecified atom stereocenters. The molecule has 5 nitrogen and oxygen atoms in total. The summed E-state index contributed by atoms with van der Waals surface area (Å²) in [6.45, 7) is 10.4. The summed E-state index contributed by atoms with van der Waals surface area (Å²) in [5.41, 5.74) is -0.222. The number of hydrogen-bond acceptors (Lipinski definition) is 4. The Morgan fingerprint density at radius 3 is 2.65 bits per heavy atom. The molecule has 1 amide bonds. The summed E-state index contributed by atoms with van der Waals surface area (Å²) >= 11 is 0. The fourth-order valence-corrected chi connectivity index (χ4v) is 1.84. The van der Waals surface area contributed by atoms with Gasteiger partial charge >= 0.3 is 0 Å². The maximum atomic E-state index is 11.8. The largest absolute Gasteiger partial charge is 0.378 e. The zero-order chi connectivity index (χ0) is 12.7. The van der Waals surface area contributed by atoms with Crippen LogP contribution in [0.4, 0.5) is 0 Å². The summed E-state index contributed by atoms with van der Waals surface area (Å²) in [6.07, 6.45) is 0. The van der Waals surface area contributed by atoms with Crippen molar-refractivity contribution in [2.24, 2.45) is 0 Å². The van der Waals surface area contributed by atoms with Crippen LogP contribution < -0.4 is 5.32 Å². The minimum absolute atomic E-state index is 0.139. The molecule has 0 aliphatic carbocycles. The number of ether oxygens (including phenoxy) is 2. The van der Waals surface area contributed by atoms with Gasteiger partial charge in [0.1, 0.15) is 0 Å². The topological polar surface area (TPSA) is 50.8 Å². The van der Waals surface area contributed by atoms with E-state index in [2.05, 4.69) is 5.32 Å². The molecule has 1 N–H and O–H groups in total. The highest BCUT2D eigenvalue weighted by Gasteiger charge is 2.20. The predicted octanol–water partition coefficient (Wildman–Crippen LogP) is 0.250. The van der Waals surface area contributed by atoms with Crippen molar-refractivity contribution in [2.75, 3.05) is 46.0 Å². The molecule has 0 aromatic heterocycles. The van der Waals surface area contributed by atoms with Gasteiger partial charge in [-0.25, -0.2) is 0 Å². The summed E-state index contributed by atoms with van der Waals surface area (Å²) in [4.78, 5) is 13.6. The van der Waals surface area contributed by atoms with E-state index in [1.54, 1.807) is 0 Å². The number of amides is 1. The van der Waals surface area contributed by atoms with Crippen molar-refractivity contribution in [3.8, 4) is 0 Å². The molecule has 1 heterocycles. The van der Waals surface area contributed by atoms with Gasteiger partial charge in [0.05, 0.1) is 25.4 Å². The quantitative estimate of drug-likeness (QED) is 0.727. The zero-order valence-corrected chi connectivity index (χ0v) is 11.1. The standard InChI is InChI=1S/C12H24N2O3/c1-4-17-12(2,3)10-13-9-11(15)14-5-7-16-8-6-14/h13H,4-10H2,1-3H3. The smallest absolute Gasteiger partial charge is 0.236 e. The normalized spacial score (nSPS) is 17.2. The molecule has 1 aliphatic rings. The molecule has 0 aromatic rings. The van der Waals surface area contributed by atoms with Crippen LogP contribution in [0.15, 0.2) is 0 Å². The lowest BCUT2D eigenvalue weighted by Gasteiger charge is -2.28. The molecular weight excluding hydrogens is 220 g/mol. The maximum absolute atomic E-state index is 11.8.